The van der Waals surface area contributed by atoms with E-state index in [4.69, 9.17) is 0 Å². The Morgan fingerprint density at radius 1 is 1.29 bits per heavy atom. The van der Waals surface area contributed by atoms with Gasteiger partial charge in [0.25, 0.3) is 0 Å². The summed E-state index contributed by atoms with van der Waals surface area (Å²) in [6.45, 7) is 7.63. The average molecular weight is 248 g/mol. The molecule has 1 nitrogen and oxygen atoms in total. The smallest absolute Gasteiger partial charge is 0.0840 e. The van der Waals surface area contributed by atoms with Crippen LogP contribution in [-0.2, 0) is 0 Å². The molecule has 1 aromatic carbocycles. The van der Waals surface area contributed by atoms with Crippen molar-refractivity contribution in [2.24, 2.45) is 11.8 Å². The average Bonchev–Trinajstić information content (AvgIpc) is 3.04. The van der Waals surface area contributed by atoms with Crippen molar-refractivity contribution >= 4 is 13.3 Å². The number of hydrogen-bond donors (Lipinski definition) is 1. The second kappa shape index (κ2) is 4.95. The van der Waals surface area contributed by atoms with Crippen molar-refractivity contribution in [2.75, 3.05) is 6.61 Å². The maximum absolute atomic E-state index is 9.33. The number of benzene rings is 1. The molecule has 1 saturated carbocycles. The van der Waals surface area contributed by atoms with Crippen LogP contribution >= 0.6 is 0 Å². The molecule has 17 heavy (non-hydrogen) atoms. The molecule has 3 atom stereocenters. The van der Waals surface area contributed by atoms with Crippen LogP contribution in [-0.4, -0.2) is 19.8 Å². The van der Waals surface area contributed by atoms with Crippen LogP contribution in [0, 0.1) is 11.8 Å². The van der Waals surface area contributed by atoms with E-state index >= 15 is 0 Å². The lowest BCUT2D eigenvalue weighted by atomic mass is 10.2. The van der Waals surface area contributed by atoms with E-state index in [1.54, 1.807) is 0 Å². The summed E-state index contributed by atoms with van der Waals surface area (Å²) in [5.74, 6) is 1.74. The molecule has 0 amide bonds. The molecule has 0 aliphatic heterocycles. The van der Waals surface area contributed by atoms with Gasteiger partial charge in [-0.2, -0.15) is 0 Å². The molecule has 0 heterocycles. The first-order valence-electron chi connectivity index (χ1n) is 6.73. The Hall–Kier alpha value is -0.603. The predicted molar refractivity (Wildman–Crippen MR) is 76.3 cm³/mol. The molecule has 0 spiro atoms. The molecule has 0 radical (unpaired) electrons. The van der Waals surface area contributed by atoms with Crippen molar-refractivity contribution in [3.8, 4) is 0 Å². The van der Waals surface area contributed by atoms with Crippen LogP contribution in [0.2, 0.25) is 18.6 Å². The normalized spacial score (nSPS) is 25.6. The van der Waals surface area contributed by atoms with Gasteiger partial charge in [-0.3, -0.25) is 0 Å². The fourth-order valence-electron chi connectivity index (χ4n) is 3.24. The maximum atomic E-state index is 9.33. The Kier molecular flexibility index (Phi) is 3.74. The quantitative estimate of drug-likeness (QED) is 0.794. The fourth-order valence-corrected chi connectivity index (χ4v) is 7.11. The summed E-state index contributed by atoms with van der Waals surface area (Å²) in [6.07, 6.45) is 2.36. The van der Waals surface area contributed by atoms with Crippen LogP contribution in [0.3, 0.4) is 0 Å². The highest BCUT2D eigenvalue weighted by Crippen LogP contribution is 2.51. The van der Waals surface area contributed by atoms with Gasteiger partial charge in [0.05, 0.1) is 8.07 Å². The molecule has 0 aromatic heterocycles. The van der Waals surface area contributed by atoms with Gasteiger partial charge in [-0.15, -0.1) is 0 Å². The third kappa shape index (κ3) is 2.63. The molecule has 0 saturated heterocycles. The van der Waals surface area contributed by atoms with Crippen LogP contribution in [0.25, 0.3) is 0 Å². The first-order chi connectivity index (χ1) is 8.07. The van der Waals surface area contributed by atoms with E-state index in [0.717, 1.165) is 23.8 Å². The Morgan fingerprint density at radius 2 is 1.88 bits per heavy atom. The van der Waals surface area contributed by atoms with Gasteiger partial charge in [-0.25, -0.2) is 0 Å². The van der Waals surface area contributed by atoms with Gasteiger partial charge in [0.1, 0.15) is 0 Å². The number of aliphatic hydroxyl groups excluding tert-OH is 1. The SMILES string of the molecule is C[C@@H]1C[C@H]1[C@H](CCO)[Si](C)(C)c1ccccc1. The molecule has 1 aromatic rings. The van der Waals surface area contributed by atoms with Crippen LogP contribution in [0.4, 0.5) is 0 Å². The summed E-state index contributed by atoms with van der Waals surface area (Å²) in [5.41, 5.74) is 0.741. The fraction of sp³-hybridized carbons (Fsp3) is 0.600. The van der Waals surface area contributed by atoms with Crippen molar-refractivity contribution in [3.05, 3.63) is 30.3 Å². The van der Waals surface area contributed by atoms with E-state index in [9.17, 15) is 5.11 Å². The second-order valence-electron chi connectivity index (χ2n) is 6.08. The standard InChI is InChI=1S/C15H24OSi/c1-12-11-14(12)15(9-10-16)17(2,3)13-7-5-4-6-8-13/h4-8,12,14-16H,9-11H2,1-3H3/t12-,14-,15+/m1/s1. The largest absolute Gasteiger partial charge is 0.396 e. The highest BCUT2D eigenvalue weighted by atomic mass is 28.3. The van der Waals surface area contributed by atoms with Crippen LogP contribution < -0.4 is 5.19 Å². The first kappa shape index (κ1) is 12.8. The van der Waals surface area contributed by atoms with Gasteiger partial charge in [-0.1, -0.05) is 55.5 Å². The lowest BCUT2D eigenvalue weighted by Gasteiger charge is -2.33. The molecule has 0 unspecified atom stereocenters. The number of aliphatic hydroxyl groups is 1. The molecule has 1 aliphatic rings. The van der Waals surface area contributed by atoms with Gasteiger partial charge >= 0.3 is 0 Å². The zero-order chi connectivity index (χ0) is 12.5. The Morgan fingerprint density at radius 3 is 2.35 bits per heavy atom. The molecular weight excluding hydrogens is 224 g/mol. The lowest BCUT2D eigenvalue weighted by Crippen LogP contribution is -2.47. The summed E-state index contributed by atoms with van der Waals surface area (Å²) < 4.78 is 0. The van der Waals surface area contributed by atoms with Crippen LogP contribution in [0.15, 0.2) is 30.3 Å². The summed E-state index contributed by atoms with van der Waals surface area (Å²) in [7, 11) is -1.43. The minimum Gasteiger partial charge on any atom is -0.396 e. The monoisotopic (exact) mass is 248 g/mol. The van der Waals surface area contributed by atoms with E-state index in [2.05, 4.69) is 50.3 Å². The van der Waals surface area contributed by atoms with Gasteiger partial charge in [0.2, 0.25) is 0 Å². The van der Waals surface area contributed by atoms with Gasteiger partial charge in [0.15, 0.2) is 0 Å². The Balaban J connectivity index is 2.22. The lowest BCUT2D eigenvalue weighted by molar-refractivity contribution is 0.279. The van der Waals surface area contributed by atoms with Crippen LogP contribution in [0.5, 0.6) is 0 Å². The van der Waals surface area contributed by atoms with Crippen LogP contribution in [0.1, 0.15) is 19.8 Å². The van der Waals surface area contributed by atoms with E-state index in [0.29, 0.717) is 6.61 Å². The summed E-state index contributed by atoms with van der Waals surface area (Å²) >= 11 is 0. The van der Waals surface area contributed by atoms with E-state index in [-0.39, 0.29) is 0 Å². The second-order valence-corrected chi connectivity index (χ2v) is 10.8. The topological polar surface area (TPSA) is 20.2 Å². The van der Waals surface area contributed by atoms with E-state index < -0.39 is 8.07 Å². The molecule has 94 valence electrons. The van der Waals surface area contributed by atoms with Gasteiger partial charge in [0, 0.05) is 6.61 Å². The minimum atomic E-state index is -1.43. The zero-order valence-electron chi connectivity index (χ0n) is 11.2. The van der Waals surface area contributed by atoms with E-state index in [1.165, 1.54) is 11.6 Å². The molecular formula is C15H24OSi. The van der Waals surface area contributed by atoms with Crippen molar-refractivity contribution in [2.45, 2.75) is 38.4 Å². The number of rotatable bonds is 5. The highest BCUT2D eigenvalue weighted by Gasteiger charge is 2.47. The Bertz CT molecular complexity index is 360. The van der Waals surface area contributed by atoms with Crippen molar-refractivity contribution in [1.82, 2.24) is 0 Å². The van der Waals surface area contributed by atoms with Crippen molar-refractivity contribution in [3.63, 3.8) is 0 Å². The number of hydrogen-bond acceptors (Lipinski definition) is 1. The zero-order valence-corrected chi connectivity index (χ0v) is 12.2. The third-order valence-corrected chi connectivity index (χ3v) is 8.97. The maximum Gasteiger partial charge on any atom is 0.0840 e. The third-order valence-electron chi connectivity index (χ3n) is 4.57. The summed E-state index contributed by atoms with van der Waals surface area (Å²) in [4.78, 5) is 0. The molecule has 1 aliphatic carbocycles. The summed E-state index contributed by atoms with van der Waals surface area (Å²) in [5, 5.41) is 10.9. The minimum absolute atomic E-state index is 0.344. The molecule has 1 fully saturated rings. The molecule has 1 N–H and O–H groups in total. The highest BCUT2D eigenvalue weighted by molar-refractivity contribution is 6.91. The van der Waals surface area contributed by atoms with Crippen molar-refractivity contribution in [1.29, 1.82) is 0 Å². The molecule has 2 heteroatoms. The van der Waals surface area contributed by atoms with Gasteiger partial charge < -0.3 is 5.11 Å². The Labute approximate surface area is 106 Å². The van der Waals surface area contributed by atoms with Crippen molar-refractivity contribution < 1.29 is 5.11 Å². The van der Waals surface area contributed by atoms with E-state index in [1.807, 2.05) is 0 Å². The van der Waals surface area contributed by atoms with Gasteiger partial charge in [-0.05, 0) is 30.2 Å². The summed E-state index contributed by atoms with van der Waals surface area (Å²) in [6, 6.07) is 11.0. The molecule has 2 rings (SSSR count). The molecule has 0 bridgehead atoms. The predicted octanol–water partition coefficient (Wildman–Crippen LogP) is 3.01. The first-order valence-corrected chi connectivity index (χ1v) is 9.81.